The Morgan fingerprint density at radius 2 is 1.72 bits per heavy atom. The van der Waals surface area contributed by atoms with E-state index in [0.29, 0.717) is 0 Å². The molecule has 2 aromatic rings. The lowest BCUT2D eigenvalue weighted by molar-refractivity contribution is -0.205. The van der Waals surface area contributed by atoms with Crippen LogP contribution in [0.5, 0.6) is 5.75 Å². The van der Waals surface area contributed by atoms with Gasteiger partial charge in [0.2, 0.25) is 0 Å². The van der Waals surface area contributed by atoms with Crippen LogP contribution in [-0.2, 0) is 16.5 Å². The lowest BCUT2D eigenvalue weighted by Gasteiger charge is -2.37. The van der Waals surface area contributed by atoms with Gasteiger partial charge >= 0.3 is 6.18 Å². The van der Waals surface area contributed by atoms with Crippen molar-refractivity contribution in [1.29, 1.82) is 0 Å². The van der Waals surface area contributed by atoms with E-state index in [4.69, 9.17) is 11.6 Å². The van der Waals surface area contributed by atoms with Gasteiger partial charge in [-0.1, -0.05) is 11.6 Å². The first-order valence-electron chi connectivity index (χ1n) is 8.26. The second-order valence-electron chi connectivity index (χ2n) is 7.24. The van der Waals surface area contributed by atoms with Crippen molar-refractivity contribution >= 4 is 22.6 Å². The van der Waals surface area contributed by atoms with Crippen LogP contribution < -0.4 is 4.72 Å². The molecule has 1 heterocycles. The molecule has 160 valence electrons. The van der Waals surface area contributed by atoms with Gasteiger partial charge in [-0.05, 0) is 51.1 Å². The number of aliphatic hydroxyl groups excluding tert-OH is 1. The van der Waals surface area contributed by atoms with Crippen LogP contribution in [0.4, 0.5) is 17.6 Å². The molecule has 0 saturated heterocycles. The van der Waals surface area contributed by atoms with Crippen LogP contribution in [0.2, 0.25) is 5.15 Å². The number of halogens is 5. The molecule has 1 aromatic carbocycles. The Morgan fingerprint density at radius 3 is 2.17 bits per heavy atom. The lowest BCUT2D eigenvalue weighted by Crippen LogP contribution is -2.59. The second kappa shape index (κ2) is 8.17. The molecule has 0 aliphatic rings. The van der Waals surface area contributed by atoms with Gasteiger partial charge in [-0.3, -0.25) is 0 Å². The van der Waals surface area contributed by atoms with Crippen molar-refractivity contribution in [2.24, 2.45) is 0 Å². The summed E-state index contributed by atoms with van der Waals surface area (Å²) >= 11 is 5.89. The van der Waals surface area contributed by atoms with E-state index in [0.717, 1.165) is 18.2 Å². The molecule has 29 heavy (non-hydrogen) atoms. The largest absolute Gasteiger partial charge is 0.505 e. The summed E-state index contributed by atoms with van der Waals surface area (Å²) in [4.78, 5) is 3.83. The number of hydrogen-bond acceptors (Lipinski definition) is 4. The number of nitrogens with one attached hydrogen (secondary N) is 1. The molecule has 0 fully saturated rings. The van der Waals surface area contributed by atoms with E-state index in [1.807, 2.05) is 4.72 Å². The summed E-state index contributed by atoms with van der Waals surface area (Å²) in [6.07, 6.45) is -5.18. The summed E-state index contributed by atoms with van der Waals surface area (Å²) in [7, 11) is -2.28. The smallest absolute Gasteiger partial charge is 0.414 e. The zero-order chi connectivity index (χ0) is 22.2. The average Bonchev–Trinajstić information content (AvgIpc) is 2.60. The summed E-state index contributed by atoms with van der Waals surface area (Å²) in [6, 6.07) is 5.21. The fourth-order valence-electron chi connectivity index (χ4n) is 2.43. The molecule has 2 atom stereocenters. The van der Waals surface area contributed by atoms with Gasteiger partial charge in [0.25, 0.3) is 0 Å². The maximum atomic E-state index is 14.1. The molecule has 0 radical (unpaired) electrons. The predicted molar refractivity (Wildman–Crippen MR) is 102 cm³/mol. The number of pyridine rings is 1. The van der Waals surface area contributed by atoms with Crippen LogP contribution in [0.1, 0.15) is 26.3 Å². The molecule has 5 nitrogen and oxygen atoms in total. The number of hydrogen-bond donors (Lipinski definition) is 3. The van der Waals surface area contributed by atoms with Crippen molar-refractivity contribution in [3.63, 3.8) is 0 Å². The van der Waals surface area contributed by atoms with Gasteiger partial charge in [0.1, 0.15) is 22.4 Å². The fraction of sp³-hybridized carbons (Fsp3) is 0.389. The normalized spacial score (nSPS) is 15.8. The van der Waals surface area contributed by atoms with Gasteiger partial charge in [0.15, 0.2) is 5.54 Å². The zero-order valence-corrected chi connectivity index (χ0v) is 17.2. The van der Waals surface area contributed by atoms with E-state index in [1.165, 1.54) is 32.9 Å². The Morgan fingerprint density at radius 1 is 1.17 bits per heavy atom. The van der Waals surface area contributed by atoms with E-state index in [2.05, 4.69) is 4.98 Å². The standard InChI is InChI=1S/C18H19ClF4N2O3S/c1-16(2,3)29(28)25-17(9-26,18(21,22)23)12-8-13(19)24-14(15(12)27)10-4-6-11(20)7-5-10/h4-8,25-27H,9H2,1-3H3. The Bertz CT molecular complexity index is 917. The number of aromatic hydroxyl groups is 1. The molecule has 2 rings (SSSR count). The van der Waals surface area contributed by atoms with Crippen molar-refractivity contribution in [2.45, 2.75) is 37.2 Å². The Balaban J connectivity index is 2.77. The van der Waals surface area contributed by atoms with Gasteiger partial charge in [0, 0.05) is 11.1 Å². The van der Waals surface area contributed by atoms with Gasteiger partial charge in [-0.2, -0.15) is 13.2 Å². The van der Waals surface area contributed by atoms with Gasteiger partial charge in [-0.25, -0.2) is 18.3 Å². The van der Waals surface area contributed by atoms with Crippen molar-refractivity contribution < 1.29 is 32.0 Å². The first-order chi connectivity index (χ1) is 13.2. The molecule has 11 heteroatoms. The van der Waals surface area contributed by atoms with Gasteiger partial charge < -0.3 is 10.2 Å². The predicted octanol–water partition coefficient (Wildman–Crippen LogP) is 4.05. The van der Waals surface area contributed by atoms with Crippen molar-refractivity contribution in [1.82, 2.24) is 9.71 Å². The van der Waals surface area contributed by atoms with E-state index in [9.17, 15) is 32.0 Å². The highest BCUT2D eigenvalue weighted by Gasteiger charge is 2.59. The van der Waals surface area contributed by atoms with Crippen molar-refractivity contribution in [3.05, 3.63) is 46.9 Å². The SMILES string of the molecule is CC(C)(C)S(=O)NC(CO)(c1cc(Cl)nc(-c2ccc(F)cc2)c1O)C(F)(F)F. The summed E-state index contributed by atoms with van der Waals surface area (Å²) in [5.74, 6) is -1.54. The highest BCUT2D eigenvalue weighted by atomic mass is 35.5. The summed E-state index contributed by atoms with van der Waals surface area (Å²) in [5, 5.41) is 20.0. The highest BCUT2D eigenvalue weighted by Crippen LogP contribution is 2.46. The van der Waals surface area contributed by atoms with E-state index < -0.39 is 56.3 Å². The minimum atomic E-state index is -5.18. The van der Waals surface area contributed by atoms with Gasteiger partial charge in [-0.15, -0.1) is 0 Å². The molecule has 0 aliphatic heterocycles. The number of nitrogens with zero attached hydrogens (tertiary/aromatic N) is 1. The zero-order valence-electron chi connectivity index (χ0n) is 15.6. The summed E-state index contributed by atoms with van der Waals surface area (Å²) < 4.78 is 68.8. The fourth-order valence-corrected chi connectivity index (χ4v) is 3.53. The summed E-state index contributed by atoms with van der Waals surface area (Å²) in [6.45, 7) is 2.75. The van der Waals surface area contributed by atoms with Crippen LogP contribution in [-0.4, -0.2) is 36.9 Å². The molecular formula is C18H19ClF4N2O3S. The average molecular weight is 455 g/mol. The third-order valence-electron chi connectivity index (χ3n) is 4.08. The van der Waals surface area contributed by atoms with Crippen molar-refractivity contribution in [2.75, 3.05) is 6.61 Å². The Kier molecular flexibility index (Phi) is 6.63. The van der Waals surface area contributed by atoms with Crippen LogP contribution in [0.3, 0.4) is 0 Å². The van der Waals surface area contributed by atoms with Crippen LogP contribution in [0.15, 0.2) is 30.3 Å². The minimum Gasteiger partial charge on any atom is -0.505 e. The highest BCUT2D eigenvalue weighted by molar-refractivity contribution is 7.84. The molecule has 2 unspecified atom stereocenters. The molecule has 0 saturated carbocycles. The maximum Gasteiger partial charge on any atom is 0.414 e. The molecule has 0 spiro atoms. The molecule has 0 bridgehead atoms. The second-order valence-corrected chi connectivity index (χ2v) is 9.59. The number of aromatic nitrogens is 1. The number of rotatable bonds is 5. The third kappa shape index (κ3) is 4.71. The van der Waals surface area contributed by atoms with Crippen LogP contribution in [0, 0.1) is 5.82 Å². The minimum absolute atomic E-state index is 0.0959. The van der Waals surface area contributed by atoms with E-state index in [1.54, 1.807) is 0 Å². The molecule has 0 aliphatic carbocycles. The van der Waals surface area contributed by atoms with E-state index in [-0.39, 0.29) is 11.3 Å². The molecule has 3 N–H and O–H groups in total. The molecule has 1 aromatic heterocycles. The van der Waals surface area contributed by atoms with Crippen molar-refractivity contribution in [3.8, 4) is 17.0 Å². The first-order valence-corrected chi connectivity index (χ1v) is 9.79. The topological polar surface area (TPSA) is 82.5 Å². The Labute approximate surface area is 172 Å². The maximum absolute atomic E-state index is 14.1. The number of benzene rings is 1. The Hall–Kier alpha value is -1.75. The molecular weight excluding hydrogens is 436 g/mol. The quantitative estimate of drug-likeness (QED) is 0.470. The monoisotopic (exact) mass is 454 g/mol. The molecule has 0 amide bonds. The number of aliphatic hydroxyl groups is 1. The summed E-state index contributed by atoms with van der Waals surface area (Å²) in [5.41, 5.74) is -4.41. The first kappa shape index (κ1) is 23.5. The number of alkyl halides is 3. The van der Waals surface area contributed by atoms with Crippen LogP contribution in [0.25, 0.3) is 11.3 Å². The van der Waals surface area contributed by atoms with Gasteiger partial charge in [0.05, 0.1) is 22.3 Å². The van der Waals surface area contributed by atoms with E-state index >= 15 is 0 Å². The lowest BCUT2D eigenvalue weighted by atomic mass is 9.89. The third-order valence-corrected chi connectivity index (χ3v) is 5.92. The van der Waals surface area contributed by atoms with Crippen LogP contribution >= 0.6 is 11.6 Å².